The van der Waals surface area contributed by atoms with Crippen LogP contribution in [0.2, 0.25) is 0 Å². The minimum Gasteiger partial charge on any atom is -0.387 e. The molecule has 1 aromatic carbocycles. The first-order valence-electron chi connectivity index (χ1n) is 7.86. The lowest BCUT2D eigenvalue weighted by atomic mass is 9.40. The van der Waals surface area contributed by atoms with E-state index in [-0.39, 0.29) is 17.4 Å². The van der Waals surface area contributed by atoms with Crippen LogP contribution >= 0.6 is 0 Å². The van der Waals surface area contributed by atoms with Crippen molar-refractivity contribution in [2.75, 3.05) is 0 Å². The fraction of sp³-hybridized carbons (Fsp3) is 0.611. The molecule has 0 spiro atoms. The number of hydrogen-bond acceptors (Lipinski definition) is 3. The van der Waals surface area contributed by atoms with Crippen LogP contribution in [0.15, 0.2) is 29.4 Å². The number of hydrogen-bond donors (Lipinski definition) is 1. The molecule has 0 radical (unpaired) electrons. The molecule has 1 aromatic rings. The van der Waals surface area contributed by atoms with Crippen LogP contribution < -0.4 is 0 Å². The third-order valence-electron chi connectivity index (χ3n) is 6.29. The highest BCUT2D eigenvalue weighted by atomic mass is 16.6. The van der Waals surface area contributed by atoms with Gasteiger partial charge in [-0.05, 0) is 43.1 Å². The molecule has 3 aliphatic carbocycles. The maximum Gasteiger partial charge on any atom is 0.161 e. The van der Waals surface area contributed by atoms with Crippen LogP contribution in [0, 0.1) is 30.1 Å². The van der Waals surface area contributed by atoms with E-state index >= 15 is 0 Å². The molecule has 2 bridgehead atoms. The van der Waals surface area contributed by atoms with Crippen LogP contribution in [0.5, 0.6) is 0 Å². The smallest absolute Gasteiger partial charge is 0.161 e. The molecule has 3 saturated carbocycles. The zero-order chi connectivity index (χ0) is 15.0. The van der Waals surface area contributed by atoms with Gasteiger partial charge in [0.15, 0.2) is 6.10 Å². The summed E-state index contributed by atoms with van der Waals surface area (Å²) in [6.07, 6.45) is 1.03. The molecule has 3 fully saturated rings. The van der Waals surface area contributed by atoms with Gasteiger partial charge in [0.2, 0.25) is 0 Å². The molecule has 4 aliphatic rings. The highest BCUT2D eigenvalue weighted by molar-refractivity contribution is 5.97. The summed E-state index contributed by atoms with van der Waals surface area (Å²) in [5, 5.41) is 15.3. The number of rotatable bonds is 1. The monoisotopic (exact) mass is 285 g/mol. The molecule has 1 N–H and O–H groups in total. The van der Waals surface area contributed by atoms with Gasteiger partial charge in [0, 0.05) is 0 Å². The van der Waals surface area contributed by atoms with Crippen molar-refractivity contribution in [2.45, 2.75) is 45.8 Å². The minimum absolute atomic E-state index is 0.0439. The summed E-state index contributed by atoms with van der Waals surface area (Å²) in [7, 11) is 0. The molecule has 1 heterocycles. The molecule has 1 aliphatic heterocycles. The molecule has 0 amide bonds. The van der Waals surface area contributed by atoms with Gasteiger partial charge in [-0.15, -0.1) is 0 Å². The second-order valence-electron chi connectivity index (χ2n) is 7.80. The molecule has 3 nitrogen and oxygen atoms in total. The van der Waals surface area contributed by atoms with Crippen molar-refractivity contribution in [3.63, 3.8) is 0 Å². The summed E-state index contributed by atoms with van der Waals surface area (Å²) >= 11 is 0. The van der Waals surface area contributed by atoms with Crippen LogP contribution in [0.3, 0.4) is 0 Å². The van der Waals surface area contributed by atoms with Gasteiger partial charge in [-0.2, -0.15) is 0 Å². The molecule has 5 rings (SSSR count). The minimum atomic E-state index is -0.831. The Hall–Kier alpha value is -1.35. The van der Waals surface area contributed by atoms with Gasteiger partial charge in [-0.1, -0.05) is 48.8 Å². The summed E-state index contributed by atoms with van der Waals surface area (Å²) in [5.74, 6) is 1.06. The lowest BCUT2D eigenvalue weighted by Crippen LogP contribution is -2.68. The van der Waals surface area contributed by atoms with E-state index in [4.69, 9.17) is 4.84 Å². The third kappa shape index (κ3) is 1.56. The van der Waals surface area contributed by atoms with Crippen molar-refractivity contribution < 1.29 is 9.94 Å². The maximum atomic E-state index is 11.0. The van der Waals surface area contributed by atoms with Gasteiger partial charge >= 0.3 is 0 Å². The second kappa shape index (κ2) is 3.89. The quantitative estimate of drug-likeness (QED) is 0.858. The summed E-state index contributed by atoms with van der Waals surface area (Å²) < 4.78 is 0. The first kappa shape index (κ1) is 13.3. The number of nitrogens with zero attached hydrogens (tertiary/aromatic N) is 1. The first-order valence-corrected chi connectivity index (χ1v) is 7.86. The van der Waals surface area contributed by atoms with Gasteiger partial charge < -0.3 is 9.94 Å². The highest BCUT2D eigenvalue weighted by Gasteiger charge is 2.69. The fourth-order valence-electron chi connectivity index (χ4n) is 4.94. The normalized spacial score (nSPS) is 42.6. The van der Waals surface area contributed by atoms with Crippen molar-refractivity contribution in [2.24, 2.45) is 28.3 Å². The van der Waals surface area contributed by atoms with E-state index in [1.807, 2.05) is 6.92 Å². The van der Waals surface area contributed by atoms with E-state index in [2.05, 4.69) is 50.2 Å². The van der Waals surface area contributed by atoms with Crippen molar-refractivity contribution in [1.82, 2.24) is 0 Å². The summed E-state index contributed by atoms with van der Waals surface area (Å²) in [5.41, 5.74) is 2.61. The molecule has 0 saturated heterocycles. The van der Waals surface area contributed by atoms with Gasteiger partial charge in [0.05, 0.1) is 11.6 Å². The Bertz CT molecular complexity index is 615. The first-order chi connectivity index (χ1) is 9.83. The van der Waals surface area contributed by atoms with Crippen LogP contribution in [0.4, 0.5) is 0 Å². The van der Waals surface area contributed by atoms with Crippen molar-refractivity contribution >= 4 is 5.71 Å². The molecular weight excluding hydrogens is 262 g/mol. The average Bonchev–Trinajstić information content (AvgIpc) is 2.84. The standard InChI is InChI=1S/C18H23NO2/c1-10-5-7-11(8-6-10)15-14-12-9-13(17(12,2)3)18(4,20)16(14)19-21-15/h5-8,12-15,20H,9H2,1-4H3. The fourth-order valence-corrected chi connectivity index (χ4v) is 4.94. The molecule has 3 heteroatoms. The van der Waals surface area contributed by atoms with E-state index in [0.717, 1.165) is 12.1 Å². The average molecular weight is 285 g/mol. The highest BCUT2D eigenvalue weighted by Crippen LogP contribution is 2.67. The van der Waals surface area contributed by atoms with Crippen molar-refractivity contribution in [1.29, 1.82) is 0 Å². The Labute approximate surface area is 126 Å². The van der Waals surface area contributed by atoms with Crippen LogP contribution in [0.1, 0.15) is 44.4 Å². The Kier molecular flexibility index (Phi) is 2.47. The van der Waals surface area contributed by atoms with Gasteiger partial charge in [0.1, 0.15) is 5.60 Å². The van der Waals surface area contributed by atoms with Gasteiger partial charge in [-0.25, -0.2) is 0 Å². The molecule has 5 unspecified atom stereocenters. The van der Waals surface area contributed by atoms with E-state index in [0.29, 0.717) is 11.8 Å². The third-order valence-corrected chi connectivity index (χ3v) is 6.29. The lowest BCUT2D eigenvalue weighted by Gasteiger charge is -2.64. The van der Waals surface area contributed by atoms with E-state index in [9.17, 15) is 5.11 Å². The molecule has 5 atom stereocenters. The topological polar surface area (TPSA) is 41.8 Å². The van der Waals surface area contributed by atoms with E-state index in [1.54, 1.807) is 0 Å². The van der Waals surface area contributed by atoms with Gasteiger partial charge in [-0.3, -0.25) is 0 Å². The molecular formula is C18H23NO2. The lowest BCUT2D eigenvalue weighted by molar-refractivity contribution is -0.162. The summed E-state index contributed by atoms with van der Waals surface area (Å²) in [6.45, 7) is 8.57. The SMILES string of the molecule is Cc1ccc(C2ON=C3C2C2CC(C3(C)O)C2(C)C)cc1. The Morgan fingerprint density at radius 2 is 1.86 bits per heavy atom. The van der Waals surface area contributed by atoms with Crippen LogP contribution in [-0.4, -0.2) is 16.4 Å². The van der Waals surface area contributed by atoms with E-state index in [1.165, 1.54) is 11.1 Å². The largest absolute Gasteiger partial charge is 0.387 e. The predicted octanol–water partition coefficient (Wildman–Crippen LogP) is 3.47. The predicted molar refractivity (Wildman–Crippen MR) is 81.9 cm³/mol. The number of aryl methyl sites for hydroxylation is 1. The zero-order valence-corrected chi connectivity index (χ0v) is 13.1. The maximum absolute atomic E-state index is 11.0. The second-order valence-corrected chi connectivity index (χ2v) is 7.80. The van der Waals surface area contributed by atoms with Crippen LogP contribution in [0.25, 0.3) is 0 Å². The van der Waals surface area contributed by atoms with Gasteiger partial charge in [0.25, 0.3) is 0 Å². The molecule has 21 heavy (non-hydrogen) atoms. The van der Waals surface area contributed by atoms with Crippen molar-refractivity contribution in [3.05, 3.63) is 35.4 Å². The molecule has 0 aromatic heterocycles. The molecule has 112 valence electrons. The Morgan fingerprint density at radius 3 is 2.48 bits per heavy atom. The van der Waals surface area contributed by atoms with Crippen LogP contribution in [-0.2, 0) is 4.84 Å². The number of oxime groups is 1. The van der Waals surface area contributed by atoms with E-state index < -0.39 is 5.60 Å². The summed E-state index contributed by atoms with van der Waals surface area (Å²) in [4.78, 5) is 5.78. The summed E-state index contributed by atoms with van der Waals surface area (Å²) in [6, 6.07) is 8.49. The Balaban J connectivity index is 1.74. The Morgan fingerprint density at radius 1 is 1.19 bits per heavy atom. The van der Waals surface area contributed by atoms with Crippen molar-refractivity contribution in [3.8, 4) is 0 Å². The zero-order valence-electron chi connectivity index (χ0n) is 13.1. The number of benzene rings is 1. The number of aliphatic hydroxyl groups is 1.